The van der Waals surface area contributed by atoms with Crippen LogP contribution >= 0.6 is 0 Å². The van der Waals surface area contributed by atoms with Crippen molar-refractivity contribution < 1.29 is 18.1 Å². The van der Waals surface area contributed by atoms with Gasteiger partial charge in [-0.25, -0.2) is 13.8 Å². The van der Waals surface area contributed by atoms with Gasteiger partial charge in [-0.2, -0.15) is 9.65 Å². The third kappa shape index (κ3) is 2.01. The number of rotatable bonds is 2. The van der Waals surface area contributed by atoms with Crippen molar-refractivity contribution in [3.63, 3.8) is 0 Å². The lowest BCUT2D eigenvalue weighted by Gasteiger charge is -2.02. The van der Waals surface area contributed by atoms with E-state index in [1.807, 2.05) is 0 Å². The van der Waals surface area contributed by atoms with E-state index in [1.165, 1.54) is 6.07 Å². The summed E-state index contributed by atoms with van der Waals surface area (Å²) in [6.45, 7) is 0. The summed E-state index contributed by atoms with van der Waals surface area (Å²) >= 11 is 0. The summed E-state index contributed by atoms with van der Waals surface area (Å²) in [7, 11) is 0. The molecule has 15 heavy (non-hydrogen) atoms. The van der Waals surface area contributed by atoms with Gasteiger partial charge < -0.3 is 0 Å². The van der Waals surface area contributed by atoms with Crippen molar-refractivity contribution >= 4 is 5.69 Å². The molecule has 78 valence electrons. The Morgan fingerprint density at radius 2 is 2.20 bits per heavy atom. The minimum Gasteiger partial charge on any atom is -0.258 e. The first-order valence-corrected chi connectivity index (χ1v) is 3.50. The number of nitrogens with zero attached hydrogens (tertiary/aromatic N) is 3. The van der Waals surface area contributed by atoms with E-state index in [4.69, 9.17) is 5.26 Å². The Kier molecular flexibility index (Phi) is 2.85. The van der Waals surface area contributed by atoms with Crippen molar-refractivity contribution in [3.05, 3.63) is 33.4 Å². The third-order valence-electron chi connectivity index (χ3n) is 1.51. The first-order valence-electron chi connectivity index (χ1n) is 3.50. The molecule has 0 fully saturated rings. The summed E-state index contributed by atoms with van der Waals surface area (Å²) in [5.74, 6) is -1.35. The summed E-state index contributed by atoms with van der Waals surface area (Å²) in [6.07, 6.45) is -3.24. The molecule has 0 amide bonds. The Hall–Kier alpha value is -2.17. The minimum absolute atomic E-state index is 0.240. The fraction of sp³-hybridized carbons (Fsp3) is 0.143. The highest BCUT2D eigenvalue weighted by Gasteiger charge is 2.28. The quantitative estimate of drug-likeness (QED) is 0.430. The summed E-state index contributed by atoms with van der Waals surface area (Å²) in [4.78, 5) is 12.0. The molecule has 0 aromatic carbocycles. The second-order valence-corrected chi connectivity index (χ2v) is 2.40. The summed E-state index contributed by atoms with van der Waals surface area (Å²) in [5, 5.41) is 18.7. The van der Waals surface area contributed by atoms with Crippen LogP contribution in [0.5, 0.6) is 0 Å². The predicted octanol–water partition coefficient (Wildman–Crippen LogP) is 1.94. The van der Waals surface area contributed by atoms with Gasteiger partial charge >= 0.3 is 5.69 Å². The molecule has 1 heterocycles. The molecule has 0 bridgehead atoms. The number of hydrogen-bond acceptors (Lipinski definition) is 4. The predicted molar refractivity (Wildman–Crippen MR) is 40.5 cm³/mol. The molecule has 0 radical (unpaired) electrons. The zero-order valence-electron chi connectivity index (χ0n) is 6.95. The van der Waals surface area contributed by atoms with Gasteiger partial charge in [-0.05, 0) is 0 Å². The molecule has 0 N–H and O–H groups in total. The lowest BCUT2D eigenvalue weighted by Crippen LogP contribution is -2.03. The van der Waals surface area contributed by atoms with Gasteiger partial charge in [0.2, 0.25) is 11.6 Å². The van der Waals surface area contributed by atoms with Crippen molar-refractivity contribution in [1.29, 1.82) is 5.26 Å². The van der Waals surface area contributed by atoms with Gasteiger partial charge in [0.15, 0.2) is 0 Å². The Labute approximate surface area is 80.9 Å². The number of aromatic nitrogens is 1. The standard InChI is InChI=1S/C7H2F3N3O2/c8-5-1-3(7(9)10)6(13(14)15)4(2-11)12-5/h1,7H. The normalized spacial score (nSPS) is 10.1. The van der Waals surface area contributed by atoms with Crippen LogP contribution in [0, 0.1) is 27.4 Å². The lowest BCUT2D eigenvalue weighted by atomic mass is 10.2. The van der Waals surface area contributed by atoms with E-state index in [0.29, 0.717) is 0 Å². The number of alkyl halides is 2. The molecular formula is C7H2F3N3O2. The molecule has 0 aliphatic rings. The van der Waals surface area contributed by atoms with Crippen LogP contribution in [0.2, 0.25) is 0 Å². The Morgan fingerprint density at radius 3 is 2.60 bits per heavy atom. The maximum Gasteiger partial charge on any atom is 0.314 e. The Morgan fingerprint density at radius 1 is 1.60 bits per heavy atom. The highest BCUT2D eigenvalue weighted by Crippen LogP contribution is 2.30. The van der Waals surface area contributed by atoms with Crippen molar-refractivity contribution in [2.24, 2.45) is 0 Å². The third-order valence-corrected chi connectivity index (χ3v) is 1.51. The number of halogens is 3. The summed E-state index contributed by atoms with van der Waals surface area (Å²) in [6, 6.07) is 1.43. The fourth-order valence-electron chi connectivity index (χ4n) is 0.962. The first kappa shape index (κ1) is 10.9. The van der Waals surface area contributed by atoms with Gasteiger partial charge in [-0.3, -0.25) is 10.1 Å². The zero-order valence-corrected chi connectivity index (χ0v) is 6.95. The highest BCUT2D eigenvalue weighted by atomic mass is 19.3. The average Bonchev–Trinajstić information content (AvgIpc) is 2.15. The molecule has 1 aromatic rings. The maximum atomic E-state index is 12.6. The molecule has 0 spiro atoms. The molecule has 8 heteroatoms. The molecule has 1 rings (SSSR count). The van der Waals surface area contributed by atoms with Crippen LogP contribution in [0.1, 0.15) is 17.7 Å². The zero-order chi connectivity index (χ0) is 11.6. The van der Waals surface area contributed by atoms with Crippen LogP contribution in [-0.4, -0.2) is 9.91 Å². The Bertz CT molecular complexity index is 456. The second kappa shape index (κ2) is 3.91. The van der Waals surface area contributed by atoms with E-state index in [-0.39, 0.29) is 6.07 Å². The summed E-state index contributed by atoms with van der Waals surface area (Å²) < 4.78 is 37.2. The van der Waals surface area contributed by atoms with Crippen LogP contribution in [0.15, 0.2) is 6.07 Å². The van der Waals surface area contributed by atoms with Crippen LogP contribution < -0.4 is 0 Å². The van der Waals surface area contributed by atoms with E-state index in [2.05, 4.69) is 4.98 Å². The average molecular weight is 217 g/mol. The number of hydrogen-bond donors (Lipinski definition) is 0. The smallest absolute Gasteiger partial charge is 0.258 e. The molecule has 0 aliphatic heterocycles. The molecule has 0 saturated carbocycles. The van der Waals surface area contributed by atoms with E-state index >= 15 is 0 Å². The molecular weight excluding hydrogens is 215 g/mol. The number of nitro groups is 1. The van der Waals surface area contributed by atoms with Gasteiger partial charge in [0.05, 0.1) is 4.92 Å². The van der Waals surface area contributed by atoms with Crippen molar-refractivity contribution in [1.82, 2.24) is 4.98 Å². The number of nitriles is 1. The van der Waals surface area contributed by atoms with E-state index in [1.54, 1.807) is 0 Å². The van der Waals surface area contributed by atoms with Crippen molar-refractivity contribution in [2.45, 2.75) is 6.43 Å². The first-order chi connectivity index (χ1) is 6.97. The van der Waals surface area contributed by atoms with Crippen LogP contribution in [-0.2, 0) is 0 Å². The Balaban J connectivity index is 3.56. The minimum atomic E-state index is -3.24. The lowest BCUT2D eigenvalue weighted by molar-refractivity contribution is -0.386. The van der Waals surface area contributed by atoms with Gasteiger partial charge in [0.25, 0.3) is 6.43 Å². The van der Waals surface area contributed by atoms with Gasteiger partial charge in [-0.15, -0.1) is 0 Å². The second-order valence-electron chi connectivity index (χ2n) is 2.40. The van der Waals surface area contributed by atoms with Gasteiger partial charge in [-0.1, -0.05) is 0 Å². The van der Waals surface area contributed by atoms with Crippen molar-refractivity contribution in [3.8, 4) is 6.07 Å². The van der Waals surface area contributed by atoms with Crippen LogP contribution in [0.25, 0.3) is 0 Å². The van der Waals surface area contributed by atoms with Crippen LogP contribution in [0.3, 0.4) is 0 Å². The largest absolute Gasteiger partial charge is 0.314 e. The van der Waals surface area contributed by atoms with E-state index in [0.717, 1.165) is 0 Å². The fourth-order valence-corrected chi connectivity index (χ4v) is 0.962. The maximum absolute atomic E-state index is 12.6. The topological polar surface area (TPSA) is 79.8 Å². The molecule has 1 aromatic heterocycles. The number of pyridine rings is 1. The van der Waals surface area contributed by atoms with Crippen molar-refractivity contribution in [2.75, 3.05) is 0 Å². The molecule has 5 nitrogen and oxygen atoms in total. The summed E-state index contributed by atoms with van der Waals surface area (Å²) in [5.41, 5.74) is -3.27. The SMILES string of the molecule is N#Cc1nc(F)cc(C(F)F)c1[N+](=O)[O-]. The highest BCUT2D eigenvalue weighted by molar-refractivity contribution is 5.50. The molecule has 0 unspecified atom stereocenters. The van der Waals surface area contributed by atoms with E-state index < -0.39 is 34.2 Å². The molecule has 0 saturated heterocycles. The van der Waals surface area contributed by atoms with Crippen LogP contribution in [0.4, 0.5) is 18.9 Å². The van der Waals surface area contributed by atoms with Gasteiger partial charge in [0, 0.05) is 6.07 Å². The molecule has 0 atom stereocenters. The molecule has 0 aliphatic carbocycles. The van der Waals surface area contributed by atoms with E-state index in [9.17, 15) is 23.3 Å². The monoisotopic (exact) mass is 217 g/mol. The van der Waals surface area contributed by atoms with Gasteiger partial charge in [0.1, 0.15) is 11.6 Å².